The smallest absolute Gasteiger partial charge is 0.305 e. The number of thiazole rings is 1. The van der Waals surface area contributed by atoms with Crippen LogP contribution in [0.2, 0.25) is 0 Å². The number of amides is 1. The SMILES string of the molecule is COCc1nc(C(=O)N2CCOCC2CC(=O)O)cs1. The summed E-state index contributed by atoms with van der Waals surface area (Å²) in [5, 5.41) is 11.3. The van der Waals surface area contributed by atoms with Crippen LogP contribution in [0.5, 0.6) is 0 Å². The highest BCUT2D eigenvalue weighted by atomic mass is 32.1. The van der Waals surface area contributed by atoms with Gasteiger partial charge in [-0.15, -0.1) is 11.3 Å². The topological polar surface area (TPSA) is 89.0 Å². The molecule has 8 heteroatoms. The van der Waals surface area contributed by atoms with E-state index in [0.29, 0.717) is 25.5 Å². The minimum Gasteiger partial charge on any atom is -0.481 e. The summed E-state index contributed by atoms with van der Waals surface area (Å²) in [6.07, 6.45) is -0.124. The number of carbonyl (C=O) groups excluding carboxylic acids is 1. The van der Waals surface area contributed by atoms with Crippen LogP contribution in [0.4, 0.5) is 0 Å². The number of carbonyl (C=O) groups is 2. The quantitative estimate of drug-likeness (QED) is 0.857. The maximum Gasteiger partial charge on any atom is 0.305 e. The molecular weight excluding hydrogens is 284 g/mol. The number of hydrogen-bond acceptors (Lipinski definition) is 6. The first-order valence-electron chi connectivity index (χ1n) is 6.15. The molecule has 1 atom stereocenters. The number of aliphatic carboxylic acids is 1. The van der Waals surface area contributed by atoms with Gasteiger partial charge in [-0.1, -0.05) is 0 Å². The number of rotatable bonds is 5. The van der Waals surface area contributed by atoms with Gasteiger partial charge in [-0.25, -0.2) is 4.98 Å². The molecule has 2 heterocycles. The van der Waals surface area contributed by atoms with E-state index in [-0.39, 0.29) is 18.9 Å². The van der Waals surface area contributed by atoms with Gasteiger partial charge in [0.2, 0.25) is 0 Å². The van der Waals surface area contributed by atoms with E-state index < -0.39 is 12.0 Å². The van der Waals surface area contributed by atoms with Crippen molar-refractivity contribution in [1.82, 2.24) is 9.88 Å². The summed E-state index contributed by atoms with van der Waals surface area (Å²) in [5.41, 5.74) is 0.333. The number of ether oxygens (including phenoxy) is 2. The zero-order valence-corrected chi connectivity index (χ0v) is 11.9. The van der Waals surface area contributed by atoms with Gasteiger partial charge in [-0.3, -0.25) is 9.59 Å². The Morgan fingerprint density at radius 2 is 2.45 bits per heavy atom. The number of aromatic nitrogens is 1. The van der Waals surface area contributed by atoms with Crippen LogP contribution in [-0.2, 0) is 20.9 Å². The Kier molecular flexibility index (Phi) is 5.05. The Hall–Kier alpha value is -1.51. The van der Waals surface area contributed by atoms with Gasteiger partial charge >= 0.3 is 5.97 Å². The predicted molar refractivity (Wildman–Crippen MR) is 70.7 cm³/mol. The zero-order chi connectivity index (χ0) is 14.5. The van der Waals surface area contributed by atoms with Gasteiger partial charge in [0, 0.05) is 19.0 Å². The van der Waals surface area contributed by atoms with Crippen molar-refractivity contribution in [3.63, 3.8) is 0 Å². The van der Waals surface area contributed by atoms with Gasteiger partial charge in [-0.05, 0) is 0 Å². The molecule has 1 unspecified atom stereocenters. The van der Waals surface area contributed by atoms with Gasteiger partial charge in [0.25, 0.3) is 5.91 Å². The average molecular weight is 300 g/mol. The molecule has 1 aliphatic heterocycles. The molecule has 0 saturated carbocycles. The summed E-state index contributed by atoms with van der Waals surface area (Å²) in [6, 6.07) is -0.443. The number of carboxylic acids is 1. The van der Waals surface area contributed by atoms with Crippen LogP contribution in [-0.4, -0.2) is 59.8 Å². The summed E-state index contributed by atoms with van der Waals surface area (Å²) in [4.78, 5) is 29.0. The molecule has 0 spiro atoms. The molecule has 1 aliphatic rings. The second kappa shape index (κ2) is 6.78. The Labute approximate surface area is 120 Å². The van der Waals surface area contributed by atoms with Crippen LogP contribution in [0.1, 0.15) is 21.9 Å². The van der Waals surface area contributed by atoms with E-state index in [1.807, 2.05) is 0 Å². The fraction of sp³-hybridized carbons (Fsp3) is 0.583. The highest BCUT2D eigenvalue weighted by Gasteiger charge is 2.30. The standard InChI is InChI=1S/C12H16N2O5S/c1-18-6-10-13-9(7-20-10)12(17)14-2-3-19-5-8(14)4-11(15)16/h7-8H,2-6H2,1H3,(H,15,16). The van der Waals surface area contributed by atoms with Gasteiger partial charge in [0.1, 0.15) is 10.7 Å². The van der Waals surface area contributed by atoms with Gasteiger partial charge in [-0.2, -0.15) is 0 Å². The molecule has 7 nitrogen and oxygen atoms in total. The Morgan fingerprint density at radius 1 is 1.65 bits per heavy atom. The minimum atomic E-state index is -0.948. The van der Waals surface area contributed by atoms with Crippen molar-refractivity contribution in [2.24, 2.45) is 0 Å². The summed E-state index contributed by atoms with van der Waals surface area (Å²) in [5.74, 6) is -1.20. The average Bonchev–Trinajstić information content (AvgIpc) is 2.87. The Balaban J connectivity index is 2.09. The molecule has 0 aromatic carbocycles. The molecule has 110 valence electrons. The Bertz CT molecular complexity index is 490. The first kappa shape index (κ1) is 14.9. The van der Waals surface area contributed by atoms with Crippen LogP contribution in [0.3, 0.4) is 0 Å². The van der Waals surface area contributed by atoms with Gasteiger partial charge < -0.3 is 19.5 Å². The highest BCUT2D eigenvalue weighted by Crippen LogP contribution is 2.17. The number of carboxylic acid groups (broad SMARTS) is 1. The number of methoxy groups -OCH3 is 1. The van der Waals surface area contributed by atoms with Crippen LogP contribution < -0.4 is 0 Å². The molecule has 1 N–H and O–H groups in total. The van der Waals surface area contributed by atoms with Crippen molar-refractivity contribution in [3.8, 4) is 0 Å². The summed E-state index contributed by atoms with van der Waals surface area (Å²) < 4.78 is 10.2. The van der Waals surface area contributed by atoms with Crippen LogP contribution >= 0.6 is 11.3 Å². The molecule has 0 bridgehead atoms. The number of hydrogen-bond donors (Lipinski definition) is 1. The fourth-order valence-electron chi connectivity index (χ4n) is 2.04. The molecule has 1 amide bonds. The second-order valence-electron chi connectivity index (χ2n) is 4.38. The first-order valence-corrected chi connectivity index (χ1v) is 7.03. The third-order valence-corrected chi connectivity index (χ3v) is 3.76. The lowest BCUT2D eigenvalue weighted by Gasteiger charge is -2.34. The molecule has 1 fully saturated rings. The van der Waals surface area contributed by atoms with E-state index in [2.05, 4.69) is 4.98 Å². The molecule has 0 aliphatic carbocycles. The van der Waals surface area contributed by atoms with Crippen molar-refractivity contribution in [3.05, 3.63) is 16.1 Å². The third-order valence-electron chi connectivity index (χ3n) is 2.94. The minimum absolute atomic E-state index is 0.124. The largest absolute Gasteiger partial charge is 0.481 e. The first-order chi connectivity index (χ1) is 9.61. The van der Waals surface area contributed by atoms with Crippen LogP contribution in [0.15, 0.2) is 5.38 Å². The molecule has 1 saturated heterocycles. The highest BCUT2D eigenvalue weighted by molar-refractivity contribution is 7.09. The predicted octanol–water partition coefficient (Wildman–Crippen LogP) is 0.605. The van der Waals surface area contributed by atoms with E-state index >= 15 is 0 Å². The van der Waals surface area contributed by atoms with E-state index in [9.17, 15) is 9.59 Å². The van der Waals surface area contributed by atoms with Crippen molar-refractivity contribution >= 4 is 23.2 Å². The normalized spacial score (nSPS) is 19.1. The molecule has 1 aromatic heterocycles. The third kappa shape index (κ3) is 3.53. The van der Waals surface area contributed by atoms with Crippen molar-refractivity contribution in [2.45, 2.75) is 19.1 Å². The van der Waals surface area contributed by atoms with Crippen molar-refractivity contribution in [2.75, 3.05) is 26.9 Å². The number of nitrogens with zero attached hydrogens (tertiary/aromatic N) is 2. The second-order valence-corrected chi connectivity index (χ2v) is 5.33. The lowest BCUT2D eigenvalue weighted by molar-refractivity contribution is -0.139. The maximum atomic E-state index is 12.4. The van der Waals surface area contributed by atoms with Gasteiger partial charge in [0.05, 0.1) is 32.3 Å². The summed E-state index contributed by atoms with van der Waals surface area (Å²) >= 11 is 1.35. The molecule has 20 heavy (non-hydrogen) atoms. The van der Waals surface area contributed by atoms with Crippen LogP contribution in [0, 0.1) is 0 Å². The fourth-order valence-corrected chi connectivity index (χ4v) is 2.78. The summed E-state index contributed by atoms with van der Waals surface area (Å²) in [6.45, 7) is 1.40. The van der Waals surface area contributed by atoms with Crippen LogP contribution in [0.25, 0.3) is 0 Å². The lowest BCUT2D eigenvalue weighted by atomic mass is 10.1. The maximum absolute atomic E-state index is 12.4. The molecular formula is C12H16N2O5S. The van der Waals surface area contributed by atoms with E-state index in [4.69, 9.17) is 14.6 Å². The molecule has 0 radical (unpaired) electrons. The van der Waals surface area contributed by atoms with E-state index in [1.165, 1.54) is 16.2 Å². The zero-order valence-electron chi connectivity index (χ0n) is 11.1. The molecule has 1 aromatic rings. The lowest BCUT2D eigenvalue weighted by Crippen LogP contribution is -2.49. The van der Waals surface area contributed by atoms with E-state index in [0.717, 1.165) is 5.01 Å². The van der Waals surface area contributed by atoms with Crippen molar-refractivity contribution in [1.29, 1.82) is 0 Å². The Morgan fingerprint density at radius 3 is 3.15 bits per heavy atom. The summed E-state index contributed by atoms with van der Waals surface area (Å²) in [7, 11) is 1.56. The molecule has 2 rings (SSSR count). The van der Waals surface area contributed by atoms with E-state index in [1.54, 1.807) is 12.5 Å². The van der Waals surface area contributed by atoms with Gasteiger partial charge in [0.15, 0.2) is 0 Å². The monoisotopic (exact) mass is 300 g/mol. The van der Waals surface area contributed by atoms with Crippen molar-refractivity contribution < 1.29 is 24.2 Å². The number of morpholine rings is 1.